The lowest BCUT2D eigenvalue weighted by Gasteiger charge is -2.37. The zero-order valence-corrected chi connectivity index (χ0v) is 20.3. The number of aromatic nitrogens is 2. The highest BCUT2D eigenvalue weighted by Gasteiger charge is 2.48. The van der Waals surface area contributed by atoms with E-state index in [1.54, 1.807) is 18.2 Å². The Morgan fingerprint density at radius 2 is 2.08 bits per heavy atom. The molecule has 2 N–H and O–H groups in total. The molecule has 3 heterocycles. The molecular weight excluding hydrogens is 462 g/mol. The Kier molecular flexibility index (Phi) is 5.92. The van der Waals surface area contributed by atoms with Gasteiger partial charge in [-0.25, -0.2) is 13.8 Å². The number of hydrogen-bond donors (Lipinski definition) is 2. The molecule has 2 aliphatic heterocycles. The van der Waals surface area contributed by atoms with E-state index in [0.717, 1.165) is 41.5 Å². The van der Waals surface area contributed by atoms with Gasteiger partial charge in [-0.15, -0.1) is 0 Å². The van der Waals surface area contributed by atoms with Crippen LogP contribution in [-0.2, 0) is 4.74 Å². The van der Waals surface area contributed by atoms with E-state index >= 15 is 0 Å². The van der Waals surface area contributed by atoms with Crippen molar-refractivity contribution in [2.24, 2.45) is 5.41 Å². The molecule has 2 unspecified atom stereocenters. The van der Waals surface area contributed by atoms with Gasteiger partial charge in [-0.3, -0.25) is 4.79 Å². The van der Waals surface area contributed by atoms with Gasteiger partial charge in [0, 0.05) is 17.7 Å². The summed E-state index contributed by atoms with van der Waals surface area (Å²) in [5, 5.41) is 11.9. The number of amides is 1. The molecule has 0 radical (unpaired) electrons. The minimum atomic E-state index is -1.25. The van der Waals surface area contributed by atoms with Gasteiger partial charge in [-0.05, 0) is 65.7 Å². The third kappa shape index (κ3) is 4.40. The fourth-order valence-electron chi connectivity index (χ4n) is 5.11. The molecule has 1 aliphatic carbocycles. The lowest BCUT2D eigenvalue weighted by Crippen LogP contribution is -2.42. The lowest BCUT2D eigenvalue weighted by atomic mass is 9.76. The molecule has 1 aromatic heterocycles. The molecule has 0 saturated carbocycles. The van der Waals surface area contributed by atoms with E-state index < -0.39 is 30.5 Å². The number of aromatic amines is 1. The van der Waals surface area contributed by atoms with Crippen molar-refractivity contribution in [3.8, 4) is 6.07 Å². The first-order chi connectivity index (χ1) is 17.2. The van der Waals surface area contributed by atoms with Crippen LogP contribution in [0.1, 0.15) is 67.0 Å². The molecular formula is C28H28F2N4O2. The second-order valence-corrected chi connectivity index (χ2v) is 10.6. The second-order valence-electron chi connectivity index (χ2n) is 10.6. The highest BCUT2D eigenvalue weighted by atomic mass is 19.1. The second kappa shape index (κ2) is 8.82. The van der Waals surface area contributed by atoms with E-state index in [4.69, 9.17) is 10.00 Å². The van der Waals surface area contributed by atoms with E-state index in [1.165, 1.54) is 6.20 Å². The quantitative estimate of drug-likeness (QED) is 0.492. The molecule has 0 spiro atoms. The number of nitrogens with one attached hydrogen (secondary N) is 2. The van der Waals surface area contributed by atoms with E-state index in [0.29, 0.717) is 12.1 Å². The Balaban J connectivity index is 1.53. The maximum absolute atomic E-state index is 14.0. The Labute approximate surface area is 208 Å². The standard InChI is InChI=1S/C28H28F2N4O2/c1-26(2)7-5-18(6-8-26)22-11-19(20-12-27(16-29)9-10-28(13-20,17-30)36-27)3-4-23(22)34-25(35)24-32-15-21(14-31)33-24/h3-5,9-12,15H,6-8,13,16-17H2,1-2H3,(H,32,33)(H,34,35). The molecule has 2 bridgehead atoms. The van der Waals surface area contributed by atoms with Crippen molar-refractivity contribution in [2.75, 3.05) is 18.7 Å². The third-order valence-corrected chi connectivity index (χ3v) is 7.27. The van der Waals surface area contributed by atoms with Gasteiger partial charge in [-0.1, -0.05) is 32.1 Å². The number of H-pyrrole nitrogens is 1. The molecule has 5 rings (SSSR count). The van der Waals surface area contributed by atoms with Crippen LogP contribution in [0.25, 0.3) is 11.1 Å². The fourth-order valence-corrected chi connectivity index (χ4v) is 5.11. The summed E-state index contributed by atoms with van der Waals surface area (Å²) in [4.78, 5) is 19.6. The molecule has 0 fully saturated rings. The molecule has 1 aromatic carbocycles. The van der Waals surface area contributed by atoms with Crippen molar-refractivity contribution in [1.82, 2.24) is 9.97 Å². The maximum Gasteiger partial charge on any atom is 0.291 e. The van der Waals surface area contributed by atoms with Crippen molar-refractivity contribution in [2.45, 2.75) is 50.7 Å². The summed E-state index contributed by atoms with van der Waals surface area (Å²) in [6.07, 6.45) is 11.5. The van der Waals surface area contributed by atoms with Crippen molar-refractivity contribution in [3.05, 3.63) is 71.3 Å². The van der Waals surface area contributed by atoms with Crippen LogP contribution in [0.3, 0.4) is 0 Å². The molecule has 186 valence electrons. The molecule has 2 atom stereocenters. The summed E-state index contributed by atoms with van der Waals surface area (Å²) in [5.41, 5.74) is 2.21. The number of imidazole rings is 1. The largest absolute Gasteiger partial charge is 0.350 e. The van der Waals surface area contributed by atoms with E-state index in [9.17, 15) is 13.6 Å². The number of carbonyl (C=O) groups is 1. The molecule has 6 nitrogen and oxygen atoms in total. The normalized spacial score (nSPS) is 26.2. The molecule has 36 heavy (non-hydrogen) atoms. The monoisotopic (exact) mass is 490 g/mol. The number of alkyl halides is 2. The first-order valence-corrected chi connectivity index (χ1v) is 12.0. The highest BCUT2D eigenvalue weighted by molar-refractivity contribution is 6.03. The van der Waals surface area contributed by atoms with Gasteiger partial charge < -0.3 is 15.0 Å². The smallest absolute Gasteiger partial charge is 0.291 e. The highest BCUT2D eigenvalue weighted by Crippen LogP contribution is 2.47. The SMILES string of the molecule is CC1(C)CC=C(c2cc(C3=CC4(CF)C=CC(CF)(C3)O4)ccc2NC(=O)c2ncc(C#N)[nH]2)CC1. The summed E-state index contributed by atoms with van der Waals surface area (Å²) in [6, 6.07) is 7.57. The van der Waals surface area contributed by atoms with Crippen LogP contribution >= 0.6 is 0 Å². The van der Waals surface area contributed by atoms with Crippen LogP contribution in [0, 0.1) is 16.7 Å². The van der Waals surface area contributed by atoms with E-state index in [2.05, 4.69) is 35.2 Å². The number of nitriles is 1. The summed E-state index contributed by atoms with van der Waals surface area (Å²) >= 11 is 0. The van der Waals surface area contributed by atoms with Gasteiger partial charge in [0.15, 0.2) is 5.82 Å². The van der Waals surface area contributed by atoms with Crippen molar-refractivity contribution in [3.63, 3.8) is 0 Å². The lowest BCUT2D eigenvalue weighted by molar-refractivity contribution is -0.0867. The van der Waals surface area contributed by atoms with Gasteiger partial charge in [0.05, 0.1) is 6.20 Å². The number of anilines is 1. The molecule has 1 amide bonds. The number of rotatable bonds is 6. The van der Waals surface area contributed by atoms with Gasteiger partial charge in [0.1, 0.15) is 36.3 Å². The Morgan fingerprint density at radius 1 is 1.25 bits per heavy atom. The van der Waals surface area contributed by atoms with Crippen LogP contribution in [0.4, 0.5) is 14.5 Å². The average Bonchev–Trinajstić information content (AvgIpc) is 3.47. The van der Waals surface area contributed by atoms with Crippen molar-refractivity contribution >= 4 is 22.7 Å². The average molecular weight is 491 g/mol. The van der Waals surface area contributed by atoms with Crippen molar-refractivity contribution < 1.29 is 18.3 Å². The summed E-state index contributed by atoms with van der Waals surface area (Å²) < 4.78 is 33.7. The van der Waals surface area contributed by atoms with Crippen LogP contribution in [-0.4, -0.2) is 40.4 Å². The number of benzene rings is 1. The zero-order valence-electron chi connectivity index (χ0n) is 20.3. The number of allylic oxidation sites excluding steroid dienone is 2. The summed E-state index contributed by atoms with van der Waals surface area (Å²) in [5.74, 6) is -0.410. The Hall–Kier alpha value is -3.57. The maximum atomic E-state index is 14.0. The van der Waals surface area contributed by atoms with Crippen LogP contribution in [0.5, 0.6) is 0 Å². The Morgan fingerprint density at radius 3 is 2.75 bits per heavy atom. The summed E-state index contributed by atoms with van der Waals surface area (Å²) in [7, 11) is 0. The Bertz CT molecular complexity index is 1350. The first-order valence-electron chi connectivity index (χ1n) is 12.0. The van der Waals surface area contributed by atoms with Crippen LogP contribution < -0.4 is 5.32 Å². The topological polar surface area (TPSA) is 90.8 Å². The summed E-state index contributed by atoms with van der Waals surface area (Å²) in [6.45, 7) is 2.94. The number of fused-ring (bicyclic) bond motifs is 2. The van der Waals surface area contributed by atoms with Gasteiger partial charge in [0.25, 0.3) is 5.91 Å². The number of carbonyl (C=O) groups excluding carboxylic acids is 1. The fraction of sp³-hybridized carbons (Fsp3) is 0.393. The van der Waals surface area contributed by atoms with Crippen LogP contribution in [0.2, 0.25) is 0 Å². The van der Waals surface area contributed by atoms with Gasteiger partial charge in [0.2, 0.25) is 0 Å². The number of hydrogen-bond acceptors (Lipinski definition) is 4. The first kappa shape index (κ1) is 24.1. The van der Waals surface area contributed by atoms with Crippen LogP contribution in [0.15, 0.2) is 48.7 Å². The number of halogens is 2. The molecule has 8 heteroatoms. The van der Waals surface area contributed by atoms with Gasteiger partial charge in [-0.2, -0.15) is 5.26 Å². The predicted octanol–water partition coefficient (Wildman–Crippen LogP) is 5.92. The zero-order chi connectivity index (χ0) is 25.6. The number of ether oxygens (including phenoxy) is 1. The predicted molar refractivity (Wildman–Crippen MR) is 134 cm³/mol. The molecule has 2 aromatic rings. The third-order valence-electron chi connectivity index (χ3n) is 7.27. The van der Waals surface area contributed by atoms with E-state index in [1.807, 2.05) is 24.3 Å². The van der Waals surface area contributed by atoms with Gasteiger partial charge >= 0.3 is 0 Å². The molecule has 0 saturated heterocycles. The minimum Gasteiger partial charge on any atom is -0.350 e. The van der Waals surface area contributed by atoms with E-state index in [-0.39, 0.29) is 16.9 Å². The van der Waals surface area contributed by atoms with Crippen molar-refractivity contribution in [1.29, 1.82) is 5.26 Å². The number of nitrogens with zero attached hydrogens (tertiary/aromatic N) is 2. The molecule has 3 aliphatic rings. The minimum absolute atomic E-state index is 0.0462.